The largest absolute Gasteiger partial charge is 0.246 e. The third-order valence-electron chi connectivity index (χ3n) is 9.96. The fraction of sp³-hybridized carbons (Fsp3) is 0. The molecule has 7 aromatic carbocycles. The highest BCUT2D eigenvalue weighted by Crippen LogP contribution is 2.49. The van der Waals surface area contributed by atoms with Gasteiger partial charge in [-0.1, -0.05) is 188 Å². The molecule has 0 radical (unpaired) electrons. The Morgan fingerprint density at radius 1 is 0.309 bits per heavy atom. The average molecular weight is 721 g/mol. The van der Waals surface area contributed by atoms with E-state index >= 15 is 0 Å². The molecule has 3 aromatic heterocycles. The van der Waals surface area contributed by atoms with Crippen molar-refractivity contribution >= 4 is 32.3 Å². The average Bonchev–Trinajstić information content (AvgIpc) is 3.69. The standard InChI is InChI=1S/C50H32N4S/c1-5-15-35(16-6-1)43-44-41-23-13-14-24-42(41)51-45(47(44)55-46(43)37-17-7-2-8-18-37)36-29-25-33(26-30-36)34-27-31-40(32-28-34)50-53-48(38-19-9-3-10-20-38)52-49(54-50)39-21-11-4-12-22-39/h1-32H. The highest BCUT2D eigenvalue weighted by Gasteiger charge is 2.22. The normalized spacial score (nSPS) is 11.3. The van der Waals surface area contributed by atoms with Gasteiger partial charge in [-0.25, -0.2) is 19.9 Å². The van der Waals surface area contributed by atoms with Crippen molar-refractivity contribution in [3.8, 4) is 78.1 Å². The van der Waals surface area contributed by atoms with E-state index in [2.05, 4.69) is 133 Å². The minimum Gasteiger partial charge on any atom is -0.246 e. The van der Waals surface area contributed by atoms with Crippen molar-refractivity contribution in [3.63, 3.8) is 0 Å². The molecule has 55 heavy (non-hydrogen) atoms. The summed E-state index contributed by atoms with van der Waals surface area (Å²) < 4.78 is 1.19. The van der Waals surface area contributed by atoms with Crippen LogP contribution in [0.4, 0.5) is 0 Å². The second kappa shape index (κ2) is 14.0. The van der Waals surface area contributed by atoms with Crippen molar-refractivity contribution in [1.82, 2.24) is 19.9 Å². The number of fused-ring (bicyclic) bond motifs is 3. The van der Waals surface area contributed by atoms with Crippen molar-refractivity contribution in [2.24, 2.45) is 0 Å². The molecule has 3 heterocycles. The van der Waals surface area contributed by atoms with Crippen molar-refractivity contribution in [1.29, 1.82) is 0 Å². The number of thiophene rings is 1. The first-order chi connectivity index (χ1) is 27.3. The number of hydrogen-bond acceptors (Lipinski definition) is 5. The van der Waals surface area contributed by atoms with Gasteiger partial charge in [-0.05, 0) is 28.3 Å². The number of pyridine rings is 1. The predicted octanol–water partition coefficient (Wildman–Crippen LogP) is 13.3. The maximum atomic E-state index is 5.31. The Bertz CT molecular complexity index is 2870. The van der Waals surface area contributed by atoms with Crippen LogP contribution in [0.15, 0.2) is 194 Å². The van der Waals surface area contributed by atoms with Crippen LogP contribution in [0.1, 0.15) is 0 Å². The zero-order chi connectivity index (χ0) is 36.6. The summed E-state index contributed by atoms with van der Waals surface area (Å²) in [5.74, 6) is 1.94. The van der Waals surface area contributed by atoms with Gasteiger partial charge in [0.15, 0.2) is 17.5 Å². The predicted molar refractivity (Wildman–Crippen MR) is 229 cm³/mol. The zero-order valence-electron chi connectivity index (χ0n) is 29.7. The molecule has 0 aliphatic carbocycles. The van der Waals surface area contributed by atoms with Gasteiger partial charge in [0.05, 0.1) is 15.9 Å². The van der Waals surface area contributed by atoms with Crippen LogP contribution in [-0.4, -0.2) is 19.9 Å². The van der Waals surface area contributed by atoms with Gasteiger partial charge >= 0.3 is 0 Å². The fourth-order valence-corrected chi connectivity index (χ4v) is 8.60. The monoisotopic (exact) mass is 720 g/mol. The first kappa shape index (κ1) is 32.6. The Balaban J connectivity index is 1.04. The maximum Gasteiger partial charge on any atom is 0.164 e. The van der Waals surface area contributed by atoms with E-state index in [1.54, 1.807) is 0 Å². The smallest absolute Gasteiger partial charge is 0.164 e. The van der Waals surface area contributed by atoms with Crippen LogP contribution in [0.25, 0.3) is 99.1 Å². The van der Waals surface area contributed by atoms with Gasteiger partial charge in [0.25, 0.3) is 0 Å². The molecule has 0 atom stereocenters. The molecule has 0 saturated heterocycles. The van der Waals surface area contributed by atoms with Crippen molar-refractivity contribution < 1.29 is 0 Å². The van der Waals surface area contributed by atoms with Crippen LogP contribution in [0.5, 0.6) is 0 Å². The minimum absolute atomic E-state index is 0.640. The molecule has 4 nitrogen and oxygen atoms in total. The summed E-state index contributed by atoms with van der Waals surface area (Å²) >= 11 is 1.83. The van der Waals surface area contributed by atoms with Gasteiger partial charge in [-0.3, -0.25) is 0 Å². The first-order valence-electron chi connectivity index (χ1n) is 18.3. The van der Waals surface area contributed by atoms with Crippen molar-refractivity contribution in [2.75, 3.05) is 0 Å². The second-order valence-corrected chi connectivity index (χ2v) is 14.4. The number of nitrogens with zero attached hydrogens (tertiary/aromatic N) is 4. The van der Waals surface area contributed by atoms with Gasteiger partial charge < -0.3 is 0 Å². The Morgan fingerprint density at radius 2 is 0.709 bits per heavy atom. The Labute approximate surface area is 323 Å². The van der Waals surface area contributed by atoms with E-state index in [4.69, 9.17) is 19.9 Å². The van der Waals surface area contributed by atoms with Gasteiger partial charge in [0.2, 0.25) is 0 Å². The molecule has 10 rings (SSSR count). The summed E-state index contributed by atoms with van der Waals surface area (Å²) in [6.45, 7) is 0. The fourth-order valence-electron chi connectivity index (χ4n) is 7.25. The molecule has 0 spiro atoms. The molecule has 5 heteroatoms. The summed E-state index contributed by atoms with van der Waals surface area (Å²) in [5.41, 5.74) is 11.8. The van der Waals surface area contributed by atoms with Crippen LogP contribution >= 0.6 is 11.3 Å². The van der Waals surface area contributed by atoms with Crippen LogP contribution in [0, 0.1) is 0 Å². The molecule has 0 aliphatic rings. The number of aromatic nitrogens is 4. The molecule has 0 unspecified atom stereocenters. The lowest BCUT2D eigenvalue weighted by molar-refractivity contribution is 1.07. The molecule has 0 N–H and O–H groups in total. The number of hydrogen-bond donors (Lipinski definition) is 0. The zero-order valence-corrected chi connectivity index (χ0v) is 30.5. The molecule has 258 valence electrons. The highest BCUT2D eigenvalue weighted by molar-refractivity contribution is 7.23. The quantitative estimate of drug-likeness (QED) is 0.164. The van der Waals surface area contributed by atoms with E-state index in [1.807, 2.05) is 72.0 Å². The summed E-state index contributed by atoms with van der Waals surface area (Å²) in [4.78, 5) is 21.2. The third-order valence-corrected chi connectivity index (χ3v) is 11.2. The van der Waals surface area contributed by atoms with E-state index in [1.165, 1.54) is 37.0 Å². The van der Waals surface area contributed by atoms with Gasteiger partial charge in [0, 0.05) is 43.5 Å². The van der Waals surface area contributed by atoms with Crippen LogP contribution < -0.4 is 0 Å². The summed E-state index contributed by atoms with van der Waals surface area (Å²) in [6.07, 6.45) is 0. The summed E-state index contributed by atoms with van der Waals surface area (Å²) in [7, 11) is 0. The molecule has 0 amide bonds. The van der Waals surface area contributed by atoms with E-state index in [9.17, 15) is 0 Å². The molecular formula is C50H32N4S. The molecule has 10 aromatic rings. The molecule has 0 fully saturated rings. The number of benzene rings is 7. The lowest BCUT2D eigenvalue weighted by Crippen LogP contribution is -2.00. The number of para-hydroxylation sites is 1. The van der Waals surface area contributed by atoms with Crippen molar-refractivity contribution in [3.05, 3.63) is 194 Å². The van der Waals surface area contributed by atoms with E-state index in [0.717, 1.165) is 44.6 Å². The SMILES string of the molecule is c1ccc(-c2nc(-c3ccccc3)nc(-c3ccc(-c4ccc(-c5nc6ccccc6c6c(-c7ccccc7)c(-c7ccccc7)sc56)cc4)cc3)n2)cc1. The topological polar surface area (TPSA) is 51.6 Å². The lowest BCUT2D eigenvalue weighted by atomic mass is 9.95. The number of rotatable bonds is 7. The van der Waals surface area contributed by atoms with Crippen LogP contribution in [0.2, 0.25) is 0 Å². The van der Waals surface area contributed by atoms with E-state index < -0.39 is 0 Å². The molecule has 0 aliphatic heterocycles. The first-order valence-corrected chi connectivity index (χ1v) is 19.1. The van der Waals surface area contributed by atoms with Crippen LogP contribution in [0.3, 0.4) is 0 Å². The summed E-state index contributed by atoms with van der Waals surface area (Å²) in [6, 6.07) is 67.4. The summed E-state index contributed by atoms with van der Waals surface area (Å²) in [5, 5.41) is 2.42. The Kier molecular flexibility index (Phi) is 8.32. The molecular weight excluding hydrogens is 689 g/mol. The highest BCUT2D eigenvalue weighted by atomic mass is 32.1. The Morgan fingerprint density at radius 3 is 1.24 bits per heavy atom. The van der Waals surface area contributed by atoms with Crippen LogP contribution in [-0.2, 0) is 0 Å². The second-order valence-electron chi connectivity index (χ2n) is 13.4. The van der Waals surface area contributed by atoms with E-state index in [0.29, 0.717) is 17.5 Å². The lowest BCUT2D eigenvalue weighted by Gasteiger charge is -2.11. The van der Waals surface area contributed by atoms with Gasteiger partial charge in [-0.2, -0.15) is 0 Å². The maximum absolute atomic E-state index is 5.31. The minimum atomic E-state index is 0.640. The Hall–Kier alpha value is -7.08. The van der Waals surface area contributed by atoms with E-state index in [-0.39, 0.29) is 0 Å². The molecule has 0 saturated carbocycles. The van der Waals surface area contributed by atoms with Gasteiger partial charge in [-0.15, -0.1) is 11.3 Å². The van der Waals surface area contributed by atoms with Gasteiger partial charge in [0.1, 0.15) is 0 Å². The van der Waals surface area contributed by atoms with Crippen molar-refractivity contribution in [2.45, 2.75) is 0 Å². The molecule has 0 bridgehead atoms. The third kappa shape index (κ3) is 6.17.